The minimum Gasteiger partial charge on any atom is -0.378 e. The lowest BCUT2D eigenvalue weighted by molar-refractivity contribution is -0.194. The van der Waals surface area contributed by atoms with Gasteiger partial charge in [-0.3, -0.25) is 0 Å². The summed E-state index contributed by atoms with van der Waals surface area (Å²) in [6.07, 6.45) is -4.27. The summed E-state index contributed by atoms with van der Waals surface area (Å²) in [4.78, 5) is 0. The van der Waals surface area contributed by atoms with Crippen LogP contribution < -0.4 is 5.73 Å². The van der Waals surface area contributed by atoms with Crippen LogP contribution in [0, 0.1) is 17.8 Å². The molecule has 2 fully saturated rings. The Hall–Kier alpha value is -0.290. The van der Waals surface area contributed by atoms with E-state index in [1.807, 2.05) is 6.92 Å². The van der Waals surface area contributed by atoms with Crippen LogP contribution in [0.25, 0.3) is 0 Å². The third-order valence-corrected chi connectivity index (χ3v) is 3.69. The number of hydrogen-bond donors (Lipinski definition) is 1. The van der Waals surface area contributed by atoms with E-state index in [9.17, 15) is 13.2 Å². The smallest absolute Gasteiger partial charge is 0.378 e. The summed E-state index contributed by atoms with van der Waals surface area (Å²) in [6.45, 7) is 2.55. The number of ether oxygens (including phenoxy) is 1. The Kier molecular flexibility index (Phi) is 2.71. The van der Waals surface area contributed by atoms with Gasteiger partial charge in [0, 0.05) is 18.6 Å². The Morgan fingerprint density at radius 1 is 1.27 bits per heavy atom. The normalized spacial score (nSPS) is 46.6. The molecule has 5 atom stereocenters. The van der Waals surface area contributed by atoms with Crippen molar-refractivity contribution in [1.82, 2.24) is 0 Å². The Bertz CT molecular complexity index is 243. The monoisotopic (exact) mass is 223 g/mol. The molecule has 1 aliphatic carbocycles. The maximum absolute atomic E-state index is 12.6. The van der Waals surface area contributed by atoms with Crippen LogP contribution in [0.4, 0.5) is 13.2 Å². The molecule has 1 aliphatic heterocycles. The molecule has 2 N–H and O–H groups in total. The lowest BCUT2D eigenvalue weighted by Crippen LogP contribution is -2.48. The first-order valence-electron chi connectivity index (χ1n) is 5.33. The minimum absolute atomic E-state index is 0.0539. The molecule has 2 rings (SSSR count). The van der Waals surface area contributed by atoms with Crippen molar-refractivity contribution in [2.75, 3.05) is 6.61 Å². The fourth-order valence-electron chi connectivity index (χ4n) is 2.92. The van der Waals surface area contributed by atoms with Gasteiger partial charge in [0.15, 0.2) is 0 Å². The van der Waals surface area contributed by atoms with Crippen LogP contribution in [0.15, 0.2) is 0 Å². The van der Waals surface area contributed by atoms with Gasteiger partial charge in [-0.1, -0.05) is 6.92 Å². The molecule has 0 aromatic carbocycles. The van der Waals surface area contributed by atoms with Crippen LogP contribution in [0.1, 0.15) is 19.8 Å². The molecule has 2 aliphatic rings. The van der Waals surface area contributed by atoms with E-state index in [0.717, 1.165) is 0 Å². The standard InChI is InChI=1S/C10H16F3NO/c1-5-4-15-8-3-6(10(11,12)13)2-7(14)9(5)8/h5-9H,2-4,14H2,1H3/t5-,6+,7-,8+,9-/m1/s1. The fraction of sp³-hybridized carbons (Fsp3) is 1.00. The van der Waals surface area contributed by atoms with Gasteiger partial charge in [0.05, 0.1) is 12.0 Å². The lowest BCUT2D eigenvalue weighted by atomic mass is 9.73. The van der Waals surface area contributed by atoms with Gasteiger partial charge in [0.2, 0.25) is 0 Å². The number of nitrogens with two attached hydrogens (primary N) is 1. The van der Waals surface area contributed by atoms with Crippen LogP contribution in [-0.2, 0) is 4.74 Å². The first-order valence-corrected chi connectivity index (χ1v) is 5.33. The van der Waals surface area contributed by atoms with E-state index in [4.69, 9.17) is 10.5 Å². The van der Waals surface area contributed by atoms with Gasteiger partial charge in [-0.25, -0.2) is 0 Å². The second-order valence-electron chi connectivity index (χ2n) is 4.80. The number of halogens is 3. The Morgan fingerprint density at radius 2 is 1.93 bits per heavy atom. The summed E-state index contributed by atoms with van der Waals surface area (Å²) < 4.78 is 43.1. The molecule has 0 bridgehead atoms. The quantitative estimate of drug-likeness (QED) is 0.681. The Balaban J connectivity index is 2.09. The SMILES string of the molecule is C[C@@H]1CO[C@H]2C[C@@H](C(F)(F)F)C[C@@H](N)[C@@H]12. The molecule has 2 nitrogen and oxygen atoms in total. The maximum Gasteiger partial charge on any atom is 0.391 e. The summed E-state index contributed by atoms with van der Waals surface area (Å²) in [6, 6.07) is -0.368. The van der Waals surface area contributed by atoms with E-state index >= 15 is 0 Å². The van der Waals surface area contributed by atoms with E-state index in [-0.39, 0.29) is 30.9 Å². The predicted octanol–water partition coefficient (Wildman–Crippen LogP) is 1.94. The van der Waals surface area contributed by atoms with E-state index in [2.05, 4.69) is 0 Å². The average Bonchev–Trinajstić information content (AvgIpc) is 2.46. The van der Waals surface area contributed by atoms with E-state index in [1.54, 1.807) is 0 Å². The van der Waals surface area contributed by atoms with Gasteiger partial charge < -0.3 is 10.5 Å². The first-order chi connectivity index (χ1) is 6.89. The van der Waals surface area contributed by atoms with Gasteiger partial charge in [-0.2, -0.15) is 13.2 Å². The predicted molar refractivity (Wildman–Crippen MR) is 49.1 cm³/mol. The van der Waals surface area contributed by atoms with Gasteiger partial charge >= 0.3 is 6.18 Å². The molecule has 15 heavy (non-hydrogen) atoms. The second kappa shape index (κ2) is 3.63. The molecule has 1 saturated heterocycles. The third kappa shape index (κ3) is 1.99. The molecule has 0 unspecified atom stereocenters. The number of hydrogen-bond acceptors (Lipinski definition) is 2. The molecule has 5 heteroatoms. The maximum atomic E-state index is 12.6. The zero-order valence-electron chi connectivity index (χ0n) is 8.63. The topological polar surface area (TPSA) is 35.2 Å². The molecule has 0 aromatic heterocycles. The van der Waals surface area contributed by atoms with Gasteiger partial charge in [0.1, 0.15) is 0 Å². The van der Waals surface area contributed by atoms with Crippen molar-refractivity contribution in [3.05, 3.63) is 0 Å². The van der Waals surface area contributed by atoms with Gasteiger partial charge in [-0.15, -0.1) is 0 Å². The molecule has 0 amide bonds. The highest BCUT2D eigenvalue weighted by molar-refractivity contribution is 4.96. The summed E-state index contributed by atoms with van der Waals surface area (Å²) in [7, 11) is 0. The third-order valence-electron chi connectivity index (χ3n) is 3.69. The van der Waals surface area contributed by atoms with Crippen molar-refractivity contribution < 1.29 is 17.9 Å². The van der Waals surface area contributed by atoms with Crippen LogP contribution >= 0.6 is 0 Å². The summed E-state index contributed by atoms with van der Waals surface area (Å²) in [5.41, 5.74) is 5.82. The summed E-state index contributed by atoms with van der Waals surface area (Å²) in [5.74, 6) is -0.873. The van der Waals surface area contributed by atoms with Crippen molar-refractivity contribution in [3.8, 4) is 0 Å². The fourth-order valence-corrected chi connectivity index (χ4v) is 2.92. The van der Waals surface area contributed by atoms with E-state index in [0.29, 0.717) is 12.5 Å². The minimum atomic E-state index is -4.13. The van der Waals surface area contributed by atoms with Crippen molar-refractivity contribution >= 4 is 0 Å². The Morgan fingerprint density at radius 3 is 2.53 bits per heavy atom. The van der Waals surface area contributed by atoms with Gasteiger partial charge in [-0.05, 0) is 18.8 Å². The van der Waals surface area contributed by atoms with Crippen molar-refractivity contribution in [1.29, 1.82) is 0 Å². The molecule has 88 valence electrons. The lowest BCUT2D eigenvalue weighted by Gasteiger charge is -2.37. The van der Waals surface area contributed by atoms with Crippen molar-refractivity contribution in [2.45, 2.75) is 38.1 Å². The zero-order valence-corrected chi connectivity index (χ0v) is 8.63. The second-order valence-corrected chi connectivity index (χ2v) is 4.80. The number of fused-ring (bicyclic) bond motifs is 1. The number of alkyl halides is 3. The van der Waals surface area contributed by atoms with Crippen LogP contribution in [0.5, 0.6) is 0 Å². The number of rotatable bonds is 0. The molecular weight excluding hydrogens is 207 g/mol. The van der Waals surface area contributed by atoms with Crippen LogP contribution in [-0.4, -0.2) is 24.9 Å². The van der Waals surface area contributed by atoms with Crippen molar-refractivity contribution in [2.24, 2.45) is 23.5 Å². The summed E-state index contributed by atoms with van der Waals surface area (Å²) in [5, 5.41) is 0. The highest BCUT2D eigenvalue weighted by Gasteiger charge is 2.51. The van der Waals surface area contributed by atoms with Gasteiger partial charge in [0.25, 0.3) is 0 Å². The average molecular weight is 223 g/mol. The molecule has 0 radical (unpaired) electrons. The van der Waals surface area contributed by atoms with E-state index < -0.39 is 12.1 Å². The summed E-state index contributed by atoms with van der Waals surface area (Å²) >= 11 is 0. The zero-order chi connectivity index (χ0) is 11.2. The highest BCUT2D eigenvalue weighted by atomic mass is 19.4. The molecule has 1 saturated carbocycles. The molecular formula is C10H16F3NO. The van der Waals surface area contributed by atoms with E-state index in [1.165, 1.54) is 0 Å². The Labute approximate surface area is 87.0 Å². The molecule has 0 aromatic rings. The molecule has 1 heterocycles. The van der Waals surface area contributed by atoms with Crippen LogP contribution in [0.3, 0.4) is 0 Å². The van der Waals surface area contributed by atoms with Crippen molar-refractivity contribution in [3.63, 3.8) is 0 Å². The highest BCUT2D eigenvalue weighted by Crippen LogP contribution is 2.44. The largest absolute Gasteiger partial charge is 0.391 e. The van der Waals surface area contributed by atoms with Crippen LogP contribution in [0.2, 0.25) is 0 Å². The molecule has 0 spiro atoms. The first kappa shape index (κ1) is 11.2.